The molecule has 0 aromatic carbocycles. The lowest BCUT2D eigenvalue weighted by Crippen LogP contribution is -2.08. The van der Waals surface area contributed by atoms with Crippen LogP contribution in [0, 0.1) is 5.92 Å². The van der Waals surface area contributed by atoms with E-state index in [0.717, 1.165) is 17.6 Å². The van der Waals surface area contributed by atoms with Crippen LogP contribution in [0.3, 0.4) is 0 Å². The van der Waals surface area contributed by atoms with Crippen molar-refractivity contribution in [1.29, 1.82) is 0 Å². The Bertz CT molecular complexity index is 233. The largest absolute Gasteiger partial charge is 0.354 e. The summed E-state index contributed by atoms with van der Waals surface area (Å²) in [7, 11) is 0. The molecule has 0 radical (unpaired) electrons. The standard InChI is InChI=1S/C7H14N4S/c1-5(2)4-8-6-9-7(12-3)11-10-6/h5H,4H2,1-3H3,(H2,8,9,10,11). The van der Waals surface area contributed by atoms with Crippen molar-refractivity contribution in [3.63, 3.8) is 0 Å². The Kier molecular flexibility index (Phi) is 3.40. The van der Waals surface area contributed by atoms with Crippen molar-refractivity contribution in [1.82, 2.24) is 15.2 Å². The summed E-state index contributed by atoms with van der Waals surface area (Å²) in [5.41, 5.74) is 0. The lowest BCUT2D eigenvalue weighted by atomic mass is 10.2. The number of anilines is 1. The molecular weight excluding hydrogens is 172 g/mol. The number of hydrogen-bond donors (Lipinski definition) is 2. The van der Waals surface area contributed by atoms with Gasteiger partial charge in [-0.1, -0.05) is 25.6 Å². The number of nitrogens with zero attached hydrogens (tertiary/aromatic N) is 2. The zero-order chi connectivity index (χ0) is 8.97. The van der Waals surface area contributed by atoms with E-state index < -0.39 is 0 Å². The van der Waals surface area contributed by atoms with Gasteiger partial charge in [0.2, 0.25) is 11.1 Å². The van der Waals surface area contributed by atoms with Crippen LogP contribution in [0.4, 0.5) is 5.95 Å². The highest BCUT2D eigenvalue weighted by molar-refractivity contribution is 7.98. The first-order chi connectivity index (χ1) is 5.72. The second kappa shape index (κ2) is 4.35. The zero-order valence-corrected chi connectivity index (χ0v) is 8.40. The Morgan fingerprint density at radius 2 is 2.33 bits per heavy atom. The van der Waals surface area contributed by atoms with Crippen LogP contribution in [0.2, 0.25) is 0 Å². The molecule has 0 saturated heterocycles. The number of aromatic amines is 1. The average Bonchev–Trinajstić information content (AvgIpc) is 2.48. The van der Waals surface area contributed by atoms with E-state index in [-0.39, 0.29) is 0 Å². The fourth-order valence-corrected chi connectivity index (χ4v) is 1.04. The summed E-state index contributed by atoms with van der Waals surface area (Å²) in [6, 6.07) is 0. The van der Waals surface area contributed by atoms with E-state index in [1.54, 1.807) is 0 Å². The fourth-order valence-electron chi connectivity index (χ4n) is 0.718. The van der Waals surface area contributed by atoms with Gasteiger partial charge in [0.15, 0.2) is 0 Å². The summed E-state index contributed by atoms with van der Waals surface area (Å²) in [4.78, 5) is 4.19. The van der Waals surface area contributed by atoms with E-state index in [9.17, 15) is 0 Å². The van der Waals surface area contributed by atoms with Crippen LogP contribution in [0.5, 0.6) is 0 Å². The minimum absolute atomic E-state index is 0.618. The van der Waals surface area contributed by atoms with Crippen molar-refractivity contribution >= 4 is 17.7 Å². The van der Waals surface area contributed by atoms with E-state index in [4.69, 9.17) is 0 Å². The number of thioether (sulfide) groups is 1. The number of H-pyrrole nitrogens is 1. The predicted octanol–water partition coefficient (Wildman–Crippen LogP) is 1.59. The van der Waals surface area contributed by atoms with Gasteiger partial charge in [-0.05, 0) is 12.2 Å². The van der Waals surface area contributed by atoms with Crippen LogP contribution in [0.15, 0.2) is 5.16 Å². The van der Waals surface area contributed by atoms with E-state index in [2.05, 4.69) is 34.3 Å². The van der Waals surface area contributed by atoms with Crippen LogP contribution < -0.4 is 5.32 Å². The summed E-state index contributed by atoms with van der Waals surface area (Å²) < 4.78 is 0. The van der Waals surface area contributed by atoms with Crippen LogP contribution in [-0.4, -0.2) is 28.0 Å². The van der Waals surface area contributed by atoms with E-state index >= 15 is 0 Å². The van der Waals surface area contributed by atoms with Crippen molar-refractivity contribution < 1.29 is 0 Å². The van der Waals surface area contributed by atoms with Gasteiger partial charge in [-0.2, -0.15) is 4.98 Å². The van der Waals surface area contributed by atoms with Gasteiger partial charge in [-0.15, -0.1) is 5.10 Å². The first kappa shape index (κ1) is 9.38. The molecule has 0 amide bonds. The van der Waals surface area contributed by atoms with Gasteiger partial charge in [-0.25, -0.2) is 5.10 Å². The molecule has 0 saturated carbocycles. The molecule has 0 aliphatic rings. The molecule has 0 spiro atoms. The first-order valence-corrected chi connectivity index (χ1v) is 5.15. The summed E-state index contributed by atoms with van der Waals surface area (Å²) in [5, 5.41) is 10.7. The van der Waals surface area contributed by atoms with Crippen molar-refractivity contribution in [2.24, 2.45) is 5.92 Å². The highest BCUT2D eigenvalue weighted by atomic mass is 32.2. The topological polar surface area (TPSA) is 53.6 Å². The molecule has 0 atom stereocenters. The Balaban J connectivity index is 2.41. The summed E-state index contributed by atoms with van der Waals surface area (Å²) in [6.07, 6.45) is 1.95. The molecule has 1 aromatic rings. The maximum Gasteiger partial charge on any atom is 0.219 e. The summed E-state index contributed by atoms with van der Waals surface area (Å²) >= 11 is 1.53. The van der Waals surface area contributed by atoms with Crippen molar-refractivity contribution in [3.8, 4) is 0 Å². The molecular formula is C7H14N4S. The third kappa shape index (κ3) is 2.73. The van der Waals surface area contributed by atoms with Crippen LogP contribution in [0.1, 0.15) is 13.8 Å². The molecule has 1 rings (SSSR count). The normalized spacial score (nSPS) is 10.7. The summed E-state index contributed by atoms with van der Waals surface area (Å²) in [6.45, 7) is 5.22. The molecule has 2 N–H and O–H groups in total. The second-order valence-corrected chi connectivity index (χ2v) is 3.72. The lowest BCUT2D eigenvalue weighted by Gasteiger charge is -2.03. The second-order valence-electron chi connectivity index (χ2n) is 2.95. The maximum atomic E-state index is 4.19. The third-order valence-corrected chi connectivity index (χ3v) is 1.87. The molecule has 0 unspecified atom stereocenters. The van der Waals surface area contributed by atoms with Gasteiger partial charge in [-0.3, -0.25) is 0 Å². The molecule has 0 bridgehead atoms. The van der Waals surface area contributed by atoms with Gasteiger partial charge in [0.05, 0.1) is 0 Å². The molecule has 5 heteroatoms. The van der Waals surface area contributed by atoms with Gasteiger partial charge >= 0.3 is 0 Å². The van der Waals surface area contributed by atoms with Crippen molar-refractivity contribution in [2.45, 2.75) is 19.0 Å². The number of hydrogen-bond acceptors (Lipinski definition) is 4. The number of aromatic nitrogens is 3. The van der Waals surface area contributed by atoms with Gasteiger partial charge in [0.1, 0.15) is 0 Å². The number of rotatable bonds is 4. The minimum Gasteiger partial charge on any atom is -0.354 e. The average molecular weight is 186 g/mol. The van der Waals surface area contributed by atoms with Gasteiger partial charge in [0, 0.05) is 6.54 Å². The Labute approximate surface area is 76.5 Å². The molecule has 0 aliphatic carbocycles. The molecule has 1 heterocycles. The third-order valence-electron chi connectivity index (χ3n) is 1.33. The molecule has 68 valence electrons. The van der Waals surface area contributed by atoms with Gasteiger partial charge < -0.3 is 5.32 Å². The molecule has 1 aromatic heterocycles. The highest BCUT2D eigenvalue weighted by Crippen LogP contribution is 2.09. The molecule has 0 aliphatic heterocycles. The Morgan fingerprint density at radius 1 is 1.58 bits per heavy atom. The molecule has 0 fully saturated rings. The van der Waals surface area contributed by atoms with Crippen molar-refractivity contribution in [3.05, 3.63) is 0 Å². The maximum absolute atomic E-state index is 4.19. The van der Waals surface area contributed by atoms with E-state index in [1.807, 2.05) is 6.26 Å². The predicted molar refractivity (Wildman–Crippen MR) is 51.5 cm³/mol. The Hall–Kier alpha value is -0.710. The minimum atomic E-state index is 0.618. The van der Waals surface area contributed by atoms with Crippen LogP contribution in [0.25, 0.3) is 0 Å². The first-order valence-electron chi connectivity index (χ1n) is 3.92. The SMILES string of the molecule is CSc1n[nH]c(NCC(C)C)n1. The molecule has 4 nitrogen and oxygen atoms in total. The van der Waals surface area contributed by atoms with E-state index in [0.29, 0.717) is 5.92 Å². The van der Waals surface area contributed by atoms with Gasteiger partial charge in [0.25, 0.3) is 0 Å². The quantitative estimate of drug-likeness (QED) is 0.701. The molecule has 12 heavy (non-hydrogen) atoms. The number of nitrogens with one attached hydrogen (secondary N) is 2. The monoisotopic (exact) mass is 186 g/mol. The lowest BCUT2D eigenvalue weighted by molar-refractivity contribution is 0.685. The van der Waals surface area contributed by atoms with E-state index in [1.165, 1.54) is 11.8 Å². The van der Waals surface area contributed by atoms with Crippen LogP contribution in [-0.2, 0) is 0 Å². The zero-order valence-electron chi connectivity index (χ0n) is 7.59. The van der Waals surface area contributed by atoms with Crippen molar-refractivity contribution in [2.75, 3.05) is 18.1 Å². The van der Waals surface area contributed by atoms with Crippen LogP contribution >= 0.6 is 11.8 Å². The fraction of sp³-hybridized carbons (Fsp3) is 0.714. The highest BCUT2D eigenvalue weighted by Gasteiger charge is 2.00. The smallest absolute Gasteiger partial charge is 0.219 e. The summed E-state index contributed by atoms with van der Waals surface area (Å²) in [5.74, 6) is 1.38. The Morgan fingerprint density at radius 3 is 2.83 bits per heavy atom.